The van der Waals surface area contributed by atoms with E-state index in [9.17, 15) is 10.1 Å². The summed E-state index contributed by atoms with van der Waals surface area (Å²) >= 11 is 3.37. The summed E-state index contributed by atoms with van der Waals surface area (Å²) in [7, 11) is 0. The van der Waals surface area contributed by atoms with Gasteiger partial charge in [-0.3, -0.25) is 10.1 Å². The van der Waals surface area contributed by atoms with Crippen LogP contribution in [0.1, 0.15) is 16.7 Å². The highest BCUT2D eigenvalue weighted by Crippen LogP contribution is 2.24. The minimum Gasteiger partial charge on any atom is -0.381 e. The minimum atomic E-state index is -0.398. The smallest absolute Gasteiger partial charge is 0.270 e. The fourth-order valence-electron chi connectivity index (χ4n) is 1.84. The Morgan fingerprint density at radius 1 is 1.15 bits per heavy atom. The molecule has 0 radical (unpaired) electrons. The van der Waals surface area contributed by atoms with E-state index in [0.717, 1.165) is 15.7 Å². The molecular formula is C15H15BrN2O2. The van der Waals surface area contributed by atoms with Gasteiger partial charge in [0.25, 0.3) is 5.69 Å². The summed E-state index contributed by atoms with van der Waals surface area (Å²) in [6, 6.07) is 11.0. The first kappa shape index (κ1) is 14.5. The van der Waals surface area contributed by atoms with E-state index in [1.54, 1.807) is 6.07 Å². The molecule has 0 amide bonds. The molecule has 0 unspecified atom stereocenters. The summed E-state index contributed by atoms with van der Waals surface area (Å²) in [6.45, 7) is 4.76. The summed E-state index contributed by atoms with van der Waals surface area (Å²) in [5, 5.41) is 14.0. The van der Waals surface area contributed by atoms with E-state index in [0.29, 0.717) is 6.54 Å². The van der Waals surface area contributed by atoms with Gasteiger partial charge in [0, 0.05) is 28.8 Å². The van der Waals surface area contributed by atoms with Crippen molar-refractivity contribution in [3.8, 4) is 0 Å². The molecule has 0 saturated heterocycles. The molecule has 2 aromatic rings. The SMILES string of the molecule is Cc1ccc(NCc2ccc([N+](=O)[O-])cc2Br)cc1C. The summed E-state index contributed by atoms with van der Waals surface area (Å²) in [6.07, 6.45) is 0. The van der Waals surface area contributed by atoms with Gasteiger partial charge in [-0.1, -0.05) is 22.0 Å². The number of hydrogen-bond acceptors (Lipinski definition) is 3. The maximum atomic E-state index is 10.7. The first-order chi connectivity index (χ1) is 9.47. The molecule has 0 saturated carbocycles. The average molecular weight is 335 g/mol. The van der Waals surface area contributed by atoms with Crippen LogP contribution in [-0.4, -0.2) is 4.92 Å². The molecule has 0 atom stereocenters. The van der Waals surface area contributed by atoms with Crippen LogP contribution in [0.2, 0.25) is 0 Å². The van der Waals surface area contributed by atoms with Gasteiger partial charge in [-0.2, -0.15) is 0 Å². The number of nitro groups is 1. The predicted octanol–water partition coefficient (Wildman–Crippen LogP) is 4.59. The number of anilines is 1. The number of non-ortho nitro benzene ring substituents is 1. The van der Waals surface area contributed by atoms with Gasteiger partial charge in [0.15, 0.2) is 0 Å². The van der Waals surface area contributed by atoms with Crippen molar-refractivity contribution in [2.24, 2.45) is 0 Å². The number of nitrogens with zero attached hydrogens (tertiary/aromatic N) is 1. The van der Waals surface area contributed by atoms with Gasteiger partial charge >= 0.3 is 0 Å². The lowest BCUT2D eigenvalue weighted by atomic mass is 10.1. The molecule has 104 valence electrons. The quantitative estimate of drug-likeness (QED) is 0.657. The van der Waals surface area contributed by atoms with Crippen LogP contribution in [0.15, 0.2) is 40.9 Å². The molecule has 0 bridgehead atoms. The highest BCUT2D eigenvalue weighted by Gasteiger charge is 2.08. The van der Waals surface area contributed by atoms with Gasteiger partial charge in [-0.15, -0.1) is 0 Å². The lowest BCUT2D eigenvalue weighted by Crippen LogP contribution is -2.01. The molecule has 2 rings (SSSR count). The fraction of sp³-hybridized carbons (Fsp3) is 0.200. The van der Waals surface area contributed by atoms with Crippen molar-refractivity contribution in [1.82, 2.24) is 0 Å². The Hall–Kier alpha value is -1.88. The summed E-state index contributed by atoms with van der Waals surface area (Å²) < 4.78 is 0.739. The van der Waals surface area contributed by atoms with E-state index < -0.39 is 4.92 Å². The Labute approximate surface area is 126 Å². The average Bonchev–Trinajstić information content (AvgIpc) is 2.41. The van der Waals surface area contributed by atoms with Gasteiger partial charge in [-0.05, 0) is 48.7 Å². The van der Waals surface area contributed by atoms with E-state index >= 15 is 0 Å². The molecular weight excluding hydrogens is 320 g/mol. The Morgan fingerprint density at radius 3 is 2.50 bits per heavy atom. The standard InChI is InChI=1S/C15H15BrN2O2/c1-10-3-5-13(7-11(10)2)17-9-12-4-6-14(18(19)20)8-15(12)16/h3-8,17H,9H2,1-2H3. The first-order valence-electron chi connectivity index (χ1n) is 6.21. The fourth-order valence-corrected chi connectivity index (χ4v) is 2.35. The lowest BCUT2D eigenvalue weighted by molar-refractivity contribution is -0.384. The van der Waals surface area contributed by atoms with Crippen molar-refractivity contribution in [1.29, 1.82) is 0 Å². The van der Waals surface area contributed by atoms with Crippen molar-refractivity contribution in [3.63, 3.8) is 0 Å². The van der Waals surface area contributed by atoms with E-state index in [4.69, 9.17) is 0 Å². The molecule has 20 heavy (non-hydrogen) atoms. The van der Waals surface area contributed by atoms with Crippen molar-refractivity contribution in [3.05, 3.63) is 67.7 Å². The number of aryl methyl sites for hydroxylation is 2. The molecule has 0 aliphatic carbocycles. The van der Waals surface area contributed by atoms with Crippen LogP contribution < -0.4 is 5.32 Å². The molecule has 0 spiro atoms. The van der Waals surface area contributed by atoms with E-state index in [1.807, 2.05) is 6.07 Å². The topological polar surface area (TPSA) is 55.2 Å². The van der Waals surface area contributed by atoms with E-state index in [1.165, 1.54) is 23.3 Å². The molecule has 5 heteroatoms. The zero-order chi connectivity index (χ0) is 14.7. The third-order valence-corrected chi connectivity index (χ3v) is 3.98. The van der Waals surface area contributed by atoms with Gasteiger partial charge in [0.2, 0.25) is 0 Å². The van der Waals surface area contributed by atoms with Gasteiger partial charge < -0.3 is 5.32 Å². The minimum absolute atomic E-state index is 0.0896. The molecule has 0 heterocycles. The van der Waals surface area contributed by atoms with Crippen molar-refractivity contribution in [2.75, 3.05) is 5.32 Å². The maximum Gasteiger partial charge on any atom is 0.270 e. The van der Waals surface area contributed by atoms with Crippen LogP contribution in [0.25, 0.3) is 0 Å². The van der Waals surface area contributed by atoms with Crippen molar-refractivity contribution < 1.29 is 4.92 Å². The molecule has 4 nitrogen and oxygen atoms in total. The van der Waals surface area contributed by atoms with Crippen LogP contribution >= 0.6 is 15.9 Å². The van der Waals surface area contributed by atoms with Crippen LogP contribution in [0.5, 0.6) is 0 Å². The number of halogens is 1. The Morgan fingerprint density at radius 2 is 1.90 bits per heavy atom. The monoisotopic (exact) mass is 334 g/mol. The van der Waals surface area contributed by atoms with Crippen LogP contribution in [0.3, 0.4) is 0 Å². The molecule has 2 aromatic carbocycles. The molecule has 1 N–H and O–H groups in total. The van der Waals surface area contributed by atoms with E-state index in [2.05, 4.69) is 47.2 Å². The highest BCUT2D eigenvalue weighted by atomic mass is 79.9. The maximum absolute atomic E-state index is 10.7. The van der Waals surface area contributed by atoms with Crippen molar-refractivity contribution in [2.45, 2.75) is 20.4 Å². The zero-order valence-corrected chi connectivity index (χ0v) is 12.9. The highest BCUT2D eigenvalue weighted by molar-refractivity contribution is 9.10. The Bertz CT molecular complexity index is 656. The second kappa shape index (κ2) is 6.05. The second-order valence-corrected chi connectivity index (χ2v) is 5.54. The number of hydrogen-bond donors (Lipinski definition) is 1. The number of nitrogens with one attached hydrogen (secondary N) is 1. The summed E-state index contributed by atoms with van der Waals surface area (Å²) in [4.78, 5) is 10.3. The lowest BCUT2D eigenvalue weighted by Gasteiger charge is -2.10. The van der Waals surface area contributed by atoms with Gasteiger partial charge in [-0.25, -0.2) is 0 Å². The third kappa shape index (κ3) is 3.36. The number of rotatable bonds is 4. The van der Waals surface area contributed by atoms with Crippen LogP contribution in [-0.2, 0) is 6.54 Å². The predicted molar refractivity (Wildman–Crippen MR) is 84.0 cm³/mol. The second-order valence-electron chi connectivity index (χ2n) is 4.69. The van der Waals surface area contributed by atoms with Crippen LogP contribution in [0, 0.1) is 24.0 Å². The molecule has 0 aliphatic heterocycles. The van der Waals surface area contributed by atoms with E-state index in [-0.39, 0.29) is 5.69 Å². The third-order valence-electron chi connectivity index (χ3n) is 3.24. The molecule has 0 aliphatic rings. The van der Waals surface area contributed by atoms with Gasteiger partial charge in [0.05, 0.1) is 4.92 Å². The number of benzene rings is 2. The number of nitro benzene ring substituents is 1. The normalized spacial score (nSPS) is 10.3. The zero-order valence-electron chi connectivity index (χ0n) is 11.3. The summed E-state index contributed by atoms with van der Waals surface area (Å²) in [5.41, 5.74) is 4.60. The Balaban J connectivity index is 2.10. The van der Waals surface area contributed by atoms with Crippen molar-refractivity contribution >= 4 is 27.3 Å². The van der Waals surface area contributed by atoms with Gasteiger partial charge in [0.1, 0.15) is 0 Å². The summed E-state index contributed by atoms with van der Waals surface area (Å²) in [5.74, 6) is 0. The first-order valence-corrected chi connectivity index (χ1v) is 7.00. The molecule has 0 aromatic heterocycles. The Kier molecular flexibility index (Phi) is 4.39. The van der Waals surface area contributed by atoms with Crippen LogP contribution in [0.4, 0.5) is 11.4 Å². The molecule has 0 fully saturated rings. The largest absolute Gasteiger partial charge is 0.381 e.